The molecule has 0 bridgehead atoms. The summed E-state index contributed by atoms with van der Waals surface area (Å²) in [4.78, 5) is 12.4. The van der Waals surface area contributed by atoms with Crippen molar-refractivity contribution in [3.63, 3.8) is 0 Å². The first-order valence-electron chi connectivity index (χ1n) is 5.18. The minimum absolute atomic E-state index is 0.748. The fraction of sp³-hybridized carbons (Fsp3) is 0.400. The van der Waals surface area contributed by atoms with E-state index in [2.05, 4.69) is 30.5 Å². The predicted octanol–water partition coefficient (Wildman–Crippen LogP) is 0.235. The molecule has 2 N–H and O–H groups in total. The van der Waals surface area contributed by atoms with Gasteiger partial charge < -0.3 is 5.32 Å². The number of hydrogen-bond donors (Lipinski definition) is 2. The lowest BCUT2D eigenvalue weighted by Crippen LogP contribution is -2.18. The maximum absolute atomic E-state index is 4.30. The lowest BCUT2D eigenvalue weighted by atomic mass is 10.3. The van der Waals surface area contributed by atoms with E-state index in [9.17, 15) is 0 Å². The van der Waals surface area contributed by atoms with E-state index in [-0.39, 0.29) is 0 Å². The lowest BCUT2D eigenvalue weighted by Gasteiger charge is -2.03. The molecule has 0 atom stereocenters. The molecule has 0 fully saturated rings. The van der Waals surface area contributed by atoms with Gasteiger partial charge in [0.1, 0.15) is 18.0 Å². The van der Waals surface area contributed by atoms with Crippen LogP contribution in [0.3, 0.4) is 0 Å². The summed E-state index contributed by atoms with van der Waals surface area (Å²) in [5.74, 6) is 1.70. The van der Waals surface area contributed by atoms with E-state index < -0.39 is 0 Å². The second-order valence-electron chi connectivity index (χ2n) is 3.45. The van der Waals surface area contributed by atoms with Crippen LogP contribution in [0.4, 0.5) is 0 Å². The number of aryl methyl sites for hydroxylation is 1. The van der Waals surface area contributed by atoms with Gasteiger partial charge in [-0.2, -0.15) is 5.10 Å². The highest BCUT2D eigenvalue weighted by Gasteiger charge is 1.97. The Kier molecular flexibility index (Phi) is 3.55. The molecule has 0 aliphatic rings. The molecule has 84 valence electrons. The van der Waals surface area contributed by atoms with E-state index in [1.54, 1.807) is 6.20 Å². The van der Waals surface area contributed by atoms with Gasteiger partial charge in [0, 0.05) is 25.7 Å². The zero-order valence-electron chi connectivity index (χ0n) is 9.14. The number of aromatic amines is 1. The van der Waals surface area contributed by atoms with Gasteiger partial charge in [-0.3, -0.25) is 5.10 Å². The molecule has 6 heteroatoms. The number of hydrogen-bond acceptors (Lipinski definition) is 5. The van der Waals surface area contributed by atoms with Crippen molar-refractivity contribution < 1.29 is 0 Å². The van der Waals surface area contributed by atoms with E-state index in [1.807, 2.05) is 13.0 Å². The molecule has 2 aromatic heterocycles. The summed E-state index contributed by atoms with van der Waals surface area (Å²) in [5, 5.41) is 9.89. The Morgan fingerprint density at radius 1 is 1.38 bits per heavy atom. The van der Waals surface area contributed by atoms with Gasteiger partial charge in [0.05, 0.1) is 5.69 Å². The largest absolute Gasteiger partial charge is 0.311 e. The number of aromatic nitrogens is 5. The topological polar surface area (TPSA) is 79.4 Å². The third-order valence-electron chi connectivity index (χ3n) is 2.14. The average Bonchev–Trinajstić information content (AvgIpc) is 2.77. The third-order valence-corrected chi connectivity index (χ3v) is 2.14. The van der Waals surface area contributed by atoms with Gasteiger partial charge in [0.15, 0.2) is 0 Å². The molecule has 0 radical (unpaired) electrons. The Bertz CT molecular complexity index is 425. The predicted molar refractivity (Wildman–Crippen MR) is 58.6 cm³/mol. The van der Waals surface area contributed by atoms with E-state index in [0.717, 1.165) is 36.9 Å². The van der Waals surface area contributed by atoms with Crippen molar-refractivity contribution in [2.45, 2.75) is 19.9 Å². The number of H-pyrrole nitrogens is 1. The second kappa shape index (κ2) is 5.32. The van der Waals surface area contributed by atoms with Gasteiger partial charge >= 0.3 is 0 Å². The van der Waals surface area contributed by atoms with Gasteiger partial charge in [-0.1, -0.05) is 0 Å². The monoisotopic (exact) mass is 218 g/mol. The number of rotatable bonds is 5. The number of nitrogens with zero attached hydrogens (tertiary/aromatic N) is 4. The first kappa shape index (κ1) is 10.7. The summed E-state index contributed by atoms with van der Waals surface area (Å²) in [6, 6.07) is 1.91. The minimum Gasteiger partial charge on any atom is -0.311 e. The average molecular weight is 218 g/mol. The minimum atomic E-state index is 0.748. The van der Waals surface area contributed by atoms with Crippen LogP contribution in [0, 0.1) is 6.92 Å². The summed E-state index contributed by atoms with van der Waals surface area (Å²) in [7, 11) is 0. The van der Waals surface area contributed by atoms with Crippen LogP contribution < -0.4 is 5.32 Å². The van der Waals surface area contributed by atoms with Crippen molar-refractivity contribution in [3.8, 4) is 0 Å². The van der Waals surface area contributed by atoms with Gasteiger partial charge in [-0.25, -0.2) is 15.0 Å². The lowest BCUT2D eigenvalue weighted by molar-refractivity contribution is 0.658. The SMILES string of the molecule is Cc1nccc(CNCCc2ncn[nH]2)n1. The quantitative estimate of drug-likeness (QED) is 0.702. The Morgan fingerprint density at radius 2 is 2.31 bits per heavy atom. The van der Waals surface area contributed by atoms with Crippen molar-refractivity contribution in [1.29, 1.82) is 0 Å². The van der Waals surface area contributed by atoms with Crippen molar-refractivity contribution in [1.82, 2.24) is 30.5 Å². The molecule has 0 saturated heterocycles. The summed E-state index contributed by atoms with van der Waals surface area (Å²) in [6.45, 7) is 3.48. The first-order valence-corrected chi connectivity index (χ1v) is 5.18. The first-order chi connectivity index (χ1) is 7.84. The van der Waals surface area contributed by atoms with Crippen LogP contribution in [0.2, 0.25) is 0 Å². The highest BCUT2D eigenvalue weighted by molar-refractivity contribution is 5.01. The normalized spacial score (nSPS) is 10.6. The molecule has 2 aromatic rings. The van der Waals surface area contributed by atoms with Gasteiger partial charge in [0.2, 0.25) is 0 Å². The molecule has 0 aliphatic carbocycles. The van der Waals surface area contributed by atoms with Crippen LogP contribution in [0.15, 0.2) is 18.6 Å². The standard InChI is InChI=1S/C10H14N6/c1-8-12-5-2-9(15-8)6-11-4-3-10-13-7-14-16-10/h2,5,7,11H,3-4,6H2,1H3,(H,13,14,16). The second-order valence-corrected chi connectivity index (χ2v) is 3.45. The number of nitrogens with one attached hydrogen (secondary N) is 2. The highest BCUT2D eigenvalue weighted by atomic mass is 15.2. The summed E-state index contributed by atoms with van der Waals surface area (Å²) >= 11 is 0. The van der Waals surface area contributed by atoms with E-state index in [4.69, 9.17) is 0 Å². The van der Waals surface area contributed by atoms with Crippen LogP contribution in [0.1, 0.15) is 17.3 Å². The van der Waals surface area contributed by atoms with Crippen molar-refractivity contribution >= 4 is 0 Å². The van der Waals surface area contributed by atoms with Crippen molar-refractivity contribution in [3.05, 3.63) is 35.9 Å². The highest BCUT2D eigenvalue weighted by Crippen LogP contribution is 1.94. The Morgan fingerprint density at radius 3 is 3.06 bits per heavy atom. The van der Waals surface area contributed by atoms with Gasteiger partial charge in [-0.15, -0.1) is 0 Å². The molecule has 0 amide bonds. The fourth-order valence-electron chi connectivity index (χ4n) is 1.38. The fourth-order valence-corrected chi connectivity index (χ4v) is 1.38. The van der Waals surface area contributed by atoms with Crippen molar-refractivity contribution in [2.75, 3.05) is 6.54 Å². The molecule has 0 spiro atoms. The summed E-state index contributed by atoms with van der Waals surface area (Å²) in [5.41, 5.74) is 1.00. The van der Waals surface area contributed by atoms with Crippen molar-refractivity contribution in [2.24, 2.45) is 0 Å². The maximum Gasteiger partial charge on any atom is 0.137 e. The molecule has 2 rings (SSSR count). The molecule has 2 heterocycles. The smallest absolute Gasteiger partial charge is 0.137 e. The van der Waals surface area contributed by atoms with E-state index in [0.29, 0.717) is 0 Å². The Labute approximate surface area is 93.6 Å². The molecule has 0 aromatic carbocycles. The zero-order valence-corrected chi connectivity index (χ0v) is 9.14. The van der Waals surface area contributed by atoms with Crippen LogP contribution >= 0.6 is 0 Å². The Hall–Kier alpha value is -1.82. The molecular formula is C10H14N6. The molecule has 0 saturated carbocycles. The molecule has 6 nitrogen and oxygen atoms in total. The molecule has 16 heavy (non-hydrogen) atoms. The van der Waals surface area contributed by atoms with Crippen LogP contribution in [0.25, 0.3) is 0 Å². The summed E-state index contributed by atoms with van der Waals surface area (Å²) in [6.07, 6.45) is 4.13. The maximum atomic E-state index is 4.30. The van der Waals surface area contributed by atoms with E-state index in [1.165, 1.54) is 6.33 Å². The molecule has 0 unspecified atom stereocenters. The molecular weight excluding hydrogens is 204 g/mol. The van der Waals surface area contributed by atoms with E-state index >= 15 is 0 Å². The van der Waals surface area contributed by atoms with Crippen LogP contribution in [-0.2, 0) is 13.0 Å². The van der Waals surface area contributed by atoms with Gasteiger partial charge in [-0.05, 0) is 13.0 Å². The van der Waals surface area contributed by atoms with Crippen LogP contribution in [-0.4, -0.2) is 31.7 Å². The third kappa shape index (κ3) is 3.09. The Balaban J connectivity index is 1.72. The van der Waals surface area contributed by atoms with Gasteiger partial charge in [0.25, 0.3) is 0 Å². The zero-order chi connectivity index (χ0) is 11.2. The summed E-state index contributed by atoms with van der Waals surface area (Å²) < 4.78 is 0. The molecule has 0 aliphatic heterocycles. The van der Waals surface area contributed by atoms with Crippen LogP contribution in [0.5, 0.6) is 0 Å².